The Morgan fingerprint density at radius 3 is 2.50 bits per heavy atom. The summed E-state index contributed by atoms with van der Waals surface area (Å²) < 4.78 is 6.82. The summed E-state index contributed by atoms with van der Waals surface area (Å²) in [5.74, 6) is 0.730. The molecule has 0 aliphatic rings. The summed E-state index contributed by atoms with van der Waals surface area (Å²) in [5, 5.41) is 0. The lowest BCUT2D eigenvalue weighted by Gasteiger charge is -2.14. The van der Waals surface area contributed by atoms with E-state index in [1.807, 2.05) is 56.3 Å². The first kappa shape index (κ1) is 15.0. The van der Waals surface area contributed by atoms with E-state index in [4.69, 9.17) is 4.74 Å². The summed E-state index contributed by atoms with van der Waals surface area (Å²) in [4.78, 5) is 12.4. The largest absolute Gasteiger partial charge is 0.483 e. The highest BCUT2D eigenvalue weighted by Crippen LogP contribution is 2.18. The van der Waals surface area contributed by atoms with Crippen LogP contribution in [0.15, 0.2) is 42.5 Å². The Kier molecular flexibility index (Phi) is 4.81. The standard InChI is InChI=1S/C17H17IO2/c1-11-7-8-14(9-12(11)2)17(19)13(3)20-16-6-4-5-15(18)10-16/h4-10,13H,1-3H3. The van der Waals surface area contributed by atoms with Crippen LogP contribution in [0.1, 0.15) is 28.4 Å². The highest BCUT2D eigenvalue weighted by atomic mass is 127. The molecule has 2 rings (SSSR count). The van der Waals surface area contributed by atoms with Crippen LogP contribution in [0.25, 0.3) is 0 Å². The molecule has 1 unspecified atom stereocenters. The molecule has 0 amide bonds. The van der Waals surface area contributed by atoms with Gasteiger partial charge in [0, 0.05) is 9.13 Å². The molecule has 0 fully saturated rings. The van der Waals surface area contributed by atoms with Crippen LogP contribution >= 0.6 is 22.6 Å². The SMILES string of the molecule is Cc1ccc(C(=O)C(C)Oc2cccc(I)c2)cc1C. The Balaban J connectivity index is 2.14. The van der Waals surface area contributed by atoms with Gasteiger partial charge in [0.15, 0.2) is 6.10 Å². The number of halogens is 1. The van der Waals surface area contributed by atoms with Crippen molar-refractivity contribution < 1.29 is 9.53 Å². The predicted molar refractivity (Wildman–Crippen MR) is 89.5 cm³/mol. The zero-order valence-corrected chi connectivity index (χ0v) is 14.0. The molecule has 0 heterocycles. The monoisotopic (exact) mass is 380 g/mol. The van der Waals surface area contributed by atoms with Crippen molar-refractivity contribution in [2.45, 2.75) is 26.9 Å². The molecule has 0 N–H and O–H groups in total. The van der Waals surface area contributed by atoms with Crippen molar-refractivity contribution in [1.82, 2.24) is 0 Å². The number of carbonyl (C=O) groups is 1. The second kappa shape index (κ2) is 6.39. The molecule has 0 aromatic heterocycles. The van der Waals surface area contributed by atoms with Gasteiger partial charge in [-0.1, -0.05) is 18.2 Å². The van der Waals surface area contributed by atoms with Gasteiger partial charge in [-0.3, -0.25) is 4.79 Å². The maximum Gasteiger partial charge on any atom is 0.203 e. The Morgan fingerprint density at radius 1 is 1.10 bits per heavy atom. The number of hydrogen-bond acceptors (Lipinski definition) is 2. The van der Waals surface area contributed by atoms with Crippen molar-refractivity contribution in [2.75, 3.05) is 0 Å². The quantitative estimate of drug-likeness (QED) is 0.574. The molecule has 2 nitrogen and oxygen atoms in total. The van der Waals surface area contributed by atoms with E-state index in [0.29, 0.717) is 5.56 Å². The molecule has 0 aliphatic carbocycles. The van der Waals surface area contributed by atoms with Gasteiger partial charge in [-0.05, 0) is 78.8 Å². The number of rotatable bonds is 4. The van der Waals surface area contributed by atoms with E-state index in [0.717, 1.165) is 14.9 Å². The number of benzene rings is 2. The molecule has 0 radical (unpaired) electrons. The van der Waals surface area contributed by atoms with Crippen molar-refractivity contribution in [3.05, 3.63) is 62.7 Å². The van der Waals surface area contributed by atoms with Gasteiger partial charge < -0.3 is 4.74 Å². The number of ketones is 1. The third-order valence-electron chi connectivity index (χ3n) is 3.27. The summed E-state index contributed by atoms with van der Waals surface area (Å²) in [6.45, 7) is 5.84. The average Bonchev–Trinajstić information content (AvgIpc) is 2.41. The van der Waals surface area contributed by atoms with Crippen LogP contribution in [0, 0.1) is 17.4 Å². The normalized spacial score (nSPS) is 12.0. The van der Waals surface area contributed by atoms with E-state index in [2.05, 4.69) is 22.6 Å². The Bertz CT molecular complexity index is 635. The van der Waals surface area contributed by atoms with Crippen LogP contribution in [0.2, 0.25) is 0 Å². The number of carbonyl (C=O) groups excluding carboxylic acids is 1. The van der Waals surface area contributed by atoms with Crippen molar-refractivity contribution >= 4 is 28.4 Å². The zero-order valence-electron chi connectivity index (χ0n) is 11.8. The second-order valence-electron chi connectivity index (χ2n) is 4.88. The van der Waals surface area contributed by atoms with Crippen LogP contribution in [0.4, 0.5) is 0 Å². The van der Waals surface area contributed by atoms with Crippen molar-refractivity contribution in [1.29, 1.82) is 0 Å². The molecule has 0 bridgehead atoms. The molecule has 3 heteroatoms. The predicted octanol–water partition coefficient (Wildman–Crippen LogP) is 4.56. The molecular weight excluding hydrogens is 363 g/mol. The van der Waals surface area contributed by atoms with Gasteiger partial charge in [0.05, 0.1) is 0 Å². The third-order valence-corrected chi connectivity index (χ3v) is 3.94. The van der Waals surface area contributed by atoms with Crippen molar-refractivity contribution in [3.63, 3.8) is 0 Å². The van der Waals surface area contributed by atoms with Crippen molar-refractivity contribution in [2.24, 2.45) is 0 Å². The zero-order chi connectivity index (χ0) is 14.7. The lowest BCUT2D eigenvalue weighted by Crippen LogP contribution is -2.24. The summed E-state index contributed by atoms with van der Waals surface area (Å²) in [5.41, 5.74) is 3.01. The molecule has 0 aliphatic heterocycles. The van der Waals surface area contributed by atoms with E-state index in [-0.39, 0.29) is 5.78 Å². The first-order valence-corrected chi connectivity index (χ1v) is 7.59. The van der Waals surface area contributed by atoms with Gasteiger partial charge in [0.2, 0.25) is 5.78 Å². The fourth-order valence-electron chi connectivity index (χ4n) is 1.93. The van der Waals surface area contributed by atoms with Crippen LogP contribution in [-0.4, -0.2) is 11.9 Å². The van der Waals surface area contributed by atoms with Gasteiger partial charge in [-0.25, -0.2) is 0 Å². The topological polar surface area (TPSA) is 26.3 Å². The van der Waals surface area contributed by atoms with Crippen molar-refractivity contribution in [3.8, 4) is 5.75 Å². The summed E-state index contributed by atoms with van der Waals surface area (Å²) >= 11 is 2.22. The minimum absolute atomic E-state index is 0.00645. The minimum atomic E-state index is -0.490. The lowest BCUT2D eigenvalue weighted by atomic mass is 10.0. The maximum absolute atomic E-state index is 12.4. The number of aryl methyl sites for hydroxylation is 2. The Labute approximate surface area is 133 Å². The third kappa shape index (κ3) is 3.60. The molecule has 20 heavy (non-hydrogen) atoms. The summed E-state index contributed by atoms with van der Waals surface area (Å²) in [7, 11) is 0. The fraction of sp³-hybridized carbons (Fsp3) is 0.235. The highest BCUT2D eigenvalue weighted by molar-refractivity contribution is 14.1. The van der Waals surface area contributed by atoms with E-state index in [1.54, 1.807) is 6.92 Å². The highest BCUT2D eigenvalue weighted by Gasteiger charge is 2.17. The van der Waals surface area contributed by atoms with E-state index in [9.17, 15) is 4.79 Å². The first-order valence-electron chi connectivity index (χ1n) is 6.51. The fourth-order valence-corrected chi connectivity index (χ4v) is 2.44. The van der Waals surface area contributed by atoms with Gasteiger partial charge in [0.25, 0.3) is 0 Å². The van der Waals surface area contributed by atoms with E-state index >= 15 is 0 Å². The van der Waals surface area contributed by atoms with Crippen LogP contribution in [-0.2, 0) is 0 Å². The molecule has 2 aromatic carbocycles. The average molecular weight is 380 g/mol. The second-order valence-corrected chi connectivity index (χ2v) is 6.13. The number of Topliss-reactive ketones (excluding diaryl/α,β-unsaturated/α-hetero) is 1. The molecule has 1 atom stereocenters. The van der Waals surface area contributed by atoms with Gasteiger partial charge in [0.1, 0.15) is 5.75 Å². The molecule has 0 saturated carbocycles. The van der Waals surface area contributed by atoms with Gasteiger partial charge >= 0.3 is 0 Å². The molecule has 0 saturated heterocycles. The number of ether oxygens (including phenoxy) is 1. The minimum Gasteiger partial charge on any atom is -0.483 e. The van der Waals surface area contributed by atoms with Crippen LogP contribution < -0.4 is 4.74 Å². The Hall–Kier alpha value is -1.36. The van der Waals surface area contributed by atoms with E-state index < -0.39 is 6.10 Å². The molecule has 0 spiro atoms. The van der Waals surface area contributed by atoms with Gasteiger partial charge in [-0.2, -0.15) is 0 Å². The summed E-state index contributed by atoms with van der Waals surface area (Å²) in [6.07, 6.45) is -0.490. The lowest BCUT2D eigenvalue weighted by molar-refractivity contribution is 0.0818. The molecule has 2 aromatic rings. The molecular formula is C17H17IO2. The first-order chi connectivity index (χ1) is 9.47. The van der Waals surface area contributed by atoms with Crippen LogP contribution in [0.3, 0.4) is 0 Å². The van der Waals surface area contributed by atoms with E-state index in [1.165, 1.54) is 5.56 Å². The summed E-state index contributed by atoms with van der Waals surface area (Å²) in [6, 6.07) is 13.5. The molecule has 104 valence electrons. The smallest absolute Gasteiger partial charge is 0.203 e. The van der Waals surface area contributed by atoms with Crippen LogP contribution in [0.5, 0.6) is 5.75 Å². The van der Waals surface area contributed by atoms with Gasteiger partial charge in [-0.15, -0.1) is 0 Å². The number of hydrogen-bond donors (Lipinski definition) is 0. The Morgan fingerprint density at radius 2 is 1.85 bits per heavy atom. The maximum atomic E-state index is 12.4.